The molecule has 0 saturated heterocycles. The number of methoxy groups -OCH3 is 1. The maximum atomic E-state index is 5.71. The first kappa shape index (κ1) is 13.3. The number of halogens is 1. The minimum absolute atomic E-state index is 0.245. The molecule has 0 bridgehead atoms. The molecular formula is C16H16BrNO2. The van der Waals surface area contributed by atoms with Crippen LogP contribution in [0.1, 0.15) is 18.0 Å². The molecule has 2 aromatic rings. The molecular weight excluding hydrogens is 318 g/mol. The van der Waals surface area contributed by atoms with Crippen molar-refractivity contribution in [2.75, 3.05) is 19.0 Å². The van der Waals surface area contributed by atoms with Crippen LogP contribution in [-0.2, 0) is 0 Å². The second-order valence-corrected chi connectivity index (χ2v) is 5.66. The van der Waals surface area contributed by atoms with E-state index in [1.165, 1.54) is 0 Å². The zero-order valence-electron chi connectivity index (χ0n) is 11.2. The van der Waals surface area contributed by atoms with Gasteiger partial charge in [0, 0.05) is 22.1 Å². The topological polar surface area (TPSA) is 30.5 Å². The lowest BCUT2D eigenvalue weighted by Gasteiger charge is -2.28. The lowest BCUT2D eigenvalue weighted by molar-refractivity contribution is 0.273. The second-order valence-electron chi connectivity index (χ2n) is 4.74. The van der Waals surface area contributed by atoms with E-state index < -0.39 is 0 Å². The highest BCUT2D eigenvalue weighted by atomic mass is 79.9. The number of hydrogen-bond acceptors (Lipinski definition) is 3. The van der Waals surface area contributed by atoms with Crippen LogP contribution in [0.15, 0.2) is 46.9 Å². The van der Waals surface area contributed by atoms with Gasteiger partial charge in [0.05, 0.1) is 19.8 Å². The third kappa shape index (κ3) is 2.75. The van der Waals surface area contributed by atoms with Gasteiger partial charge in [0.25, 0.3) is 0 Å². The lowest BCUT2D eigenvalue weighted by Crippen LogP contribution is -2.20. The minimum Gasteiger partial charge on any atom is -0.497 e. The molecule has 4 heteroatoms. The van der Waals surface area contributed by atoms with Gasteiger partial charge in [-0.3, -0.25) is 0 Å². The Hall–Kier alpha value is -1.68. The molecule has 0 aliphatic carbocycles. The smallest absolute Gasteiger partial charge is 0.124 e. The number of anilines is 1. The molecule has 3 nitrogen and oxygen atoms in total. The monoisotopic (exact) mass is 333 g/mol. The van der Waals surface area contributed by atoms with Gasteiger partial charge in [0.1, 0.15) is 11.5 Å². The van der Waals surface area contributed by atoms with E-state index >= 15 is 0 Å². The first-order valence-electron chi connectivity index (χ1n) is 6.59. The van der Waals surface area contributed by atoms with Crippen LogP contribution in [0.3, 0.4) is 0 Å². The summed E-state index contributed by atoms with van der Waals surface area (Å²) in [5, 5.41) is 3.56. The van der Waals surface area contributed by atoms with Crippen LogP contribution in [0.25, 0.3) is 0 Å². The molecule has 1 atom stereocenters. The van der Waals surface area contributed by atoms with Crippen molar-refractivity contribution in [3.8, 4) is 11.5 Å². The van der Waals surface area contributed by atoms with Crippen molar-refractivity contribution in [2.24, 2.45) is 0 Å². The summed E-state index contributed by atoms with van der Waals surface area (Å²) >= 11 is 3.45. The van der Waals surface area contributed by atoms with Crippen molar-refractivity contribution in [3.05, 3.63) is 52.5 Å². The van der Waals surface area contributed by atoms with Crippen molar-refractivity contribution in [3.63, 3.8) is 0 Å². The Balaban J connectivity index is 1.87. The SMILES string of the molecule is COc1ccc2c(c1)C(Nc1ccc(Br)cc1)CCO2. The molecule has 0 amide bonds. The molecule has 2 aromatic carbocycles. The summed E-state index contributed by atoms with van der Waals surface area (Å²) in [5.41, 5.74) is 2.26. The standard InChI is InChI=1S/C16H16BrNO2/c1-19-13-6-7-16-14(10-13)15(8-9-20-16)18-12-4-2-11(17)3-5-12/h2-7,10,15,18H,8-9H2,1H3. The molecule has 0 aromatic heterocycles. The van der Waals surface area contributed by atoms with Crippen molar-refractivity contribution in [2.45, 2.75) is 12.5 Å². The summed E-state index contributed by atoms with van der Waals surface area (Å²) in [5.74, 6) is 1.79. The van der Waals surface area contributed by atoms with Gasteiger partial charge in [0.15, 0.2) is 0 Å². The highest BCUT2D eigenvalue weighted by Gasteiger charge is 2.22. The van der Waals surface area contributed by atoms with Gasteiger partial charge in [-0.25, -0.2) is 0 Å². The summed E-state index contributed by atoms with van der Waals surface area (Å²) < 4.78 is 12.1. The molecule has 1 aliphatic rings. The van der Waals surface area contributed by atoms with Crippen LogP contribution in [-0.4, -0.2) is 13.7 Å². The predicted octanol–water partition coefficient (Wildman–Crippen LogP) is 4.39. The normalized spacial score (nSPS) is 17.0. The predicted molar refractivity (Wildman–Crippen MR) is 83.6 cm³/mol. The van der Waals surface area contributed by atoms with Gasteiger partial charge in [-0.2, -0.15) is 0 Å². The van der Waals surface area contributed by atoms with Crippen molar-refractivity contribution >= 4 is 21.6 Å². The maximum Gasteiger partial charge on any atom is 0.124 e. The van der Waals surface area contributed by atoms with E-state index in [1.807, 2.05) is 30.3 Å². The van der Waals surface area contributed by atoms with Crippen LogP contribution in [0.2, 0.25) is 0 Å². The van der Waals surface area contributed by atoms with E-state index in [2.05, 4.69) is 33.4 Å². The van der Waals surface area contributed by atoms with Crippen LogP contribution < -0.4 is 14.8 Å². The van der Waals surface area contributed by atoms with E-state index in [1.54, 1.807) is 7.11 Å². The zero-order valence-corrected chi connectivity index (χ0v) is 12.8. The maximum absolute atomic E-state index is 5.71. The Morgan fingerprint density at radius 1 is 1.20 bits per heavy atom. The van der Waals surface area contributed by atoms with E-state index in [9.17, 15) is 0 Å². The molecule has 1 unspecified atom stereocenters. The highest BCUT2D eigenvalue weighted by molar-refractivity contribution is 9.10. The van der Waals surface area contributed by atoms with Crippen LogP contribution >= 0.6 is 15.9 Å². The summed E-state index contributed by atoms with van der Waals surface area (Å²) in [6.45, 7) is 0.730. The molecule has 1 aliphatic heterocycles. The fourth-order valence-corrected chi connectivity index (χ4v) is 2.66. The van der Waals surface area contributed by atoms with Gasteiger partial charge >= 0.3 is 0 Å². The molecule has 0 spiro atoms. The van der Waals surface area contributed by atoms with E-state index in [-0.39, 0.29) is 6.04 Å². The fraction of sp³-hybridized carbons (Fsp3) is 0.250. The van der Waals surface area contributed by atoms with Crippen LogP contribution in [0.5, 0.6) is 11.5 Å². The summed E-state index contributed by atoms with van der Waals surface area (Å²) in [6, 6.07) is 14.4. The zero-order chi connectivity index (χ0) is 13.9. The Bertz CT molecular complexity index is 598. The van der Waals surface area contributed by atoms with Gasteiger partial charge in [0.2, 0.25) is 0 Å². The van der Waals surface area contributed by atoms with Gasteiger partial charge in [-0.15, -0.1) is 0 Å². The third-order valence-electron chi connectivity index (χ3n) is 3.44. The first-order valence-corrected chi connectivity index (χ1v) is 7.38. The Morgan fingerprint density at radius 3 is 2.75 bits per heavy atom. The van der Waals surface area contributed by atoms with Crippen LogP contribution in [0.4, 0.5) is 5.69 Å². The number of rotatable bonds is 3. The summed E-state index contributed by atoms with van der Waals surface area (Å²) in [4.78, 5) is 0. The van der Waals surface area contributed by atoms with Crippen LogP contribution in [0, 0.1) is 0 Å². The lowest BCUT2D eigenvalue weighted by atomic mass is 10.00. The van der Waals surface area contributed by atoms with Gasteiger partial charge in [-0.1, -0.05) is 15.9 Å². The largest absolute Gasteiger partial charge is 0.497 e. The highest BCUT2D eigenvalue weighted by Crippen LogP contribution is 2.36. The van der Waals surface area contributed by atoms with E-state index in [4.69, 9.17) is 9.47 Å². The van der Waals surface area contributed by atoms with Gasteiger partial charge < -0.3 is 14.8 Å². The molecule has 0 radical (unpaired) electrons. The Morgan fingerprint density at radius 2 is 2.00 bits per heavy atom. The fourth-order valence-electron chi connectivity index (χ4n) is 2.40. The Kier molecular flexibility index (Phi) is 3.83. The number of benzene rings is 2. The molecule has 104 valence electrons. The summed E-state index contributed by atoms with van der Waals surface area (Å²) in [7, 11) is 1.68. The molecule has 1 heterocycles. The number of ether oxygens (including phenoxy) is 2. The summed E-state index contributed by atoms with van der Waals surface area (Å²) in [6.07, 6.45) is 0.941. The third-order valence-corrected chi connectivity index (χ3v) is 3.97. The Labute approximate surface area is 127 Å². The molecule has 1 N–H and O–H groups in total. The average molecular weight is 334 g/mol. The second kappa shape index (κ2) is 5.75. The number of hydrogen-bond donors (Lipinski definition) is 1. The molecule has 3 rings (SSSR count). The quantitative estimate of drug-likeness (QED) is 0.903. The van der Waals surface area contributed by atoms with Gasteiger partial charge in [-0.05, 0) is 42.5 Å². The number of fused-ring (bicyclic) bond motifs is 1. The van der Waals surface area contributed by atoms with Crippen molar-refractivity contribution in [1.29, 1.82) is 0 Å². The average Bonchev–Trinajstić information content (AvgIpc) is 2.49. The number of nitrogens with one attached hydrogen (secondary N) is 1. The van der Waals surface area contributed by atoms with Crippen molar-refractivity contribution < 1.29 is 9.47 Å². The molecule has 0 fully saturated rings. The van der Waals surface area contributed by atoms with E-state index in [0.29, 0.717) is 0 Å². The molecule has 0 saturated carbocycles. The molecule has 20 heavy (non-hydrogen) atoms. The van der Waals surface area contributed by atoms with Crippen molar-refractivity contribution in [1.82, 2.24) is 0 Å². The van der Waals surface area contributed by atoms with E-state index in [0.717, 1.165) is 40.3 Å². The minimum atomic E-state index is 0.245. The first-order chi connectivity index (χ1) is 9.76.